The van der Waals surface area contributed by atoms with Crippen molar-refractivity contribution < 1.29 is 18.0 Å². The molecule has 6 nitrogen and oxygen atoms in total. The molecule has 0 spiro atoms. The summed E-state index contributed by atoms with van der Waals surface area (Å²) in [6.45, 7) is 3.76. The normalized spacial score (nSPS) is 11.6. The summed E-state index contributed by atoms with van der Waals surface area (Å²) in [5, 5.41) is 7.10. The van der Waals surface area contributed by atoms with E-state index in [0.717, 1.165) is 28.5 Å². The molecule has 4 rings (SSSR count). The molecule has 35 heavy (non-hydrogen) atoms. The summed E-state index contributed by atoms with van der Waals surface area (Å²) in [6.07, 6.45) is 1.25. The van der Waals surface area contributed by atoms with Gasteiger partial charge in [0.1, 0.15) is 0 Å². The molecule has 1 amide bonds. The smallest absolute Gasteiger partial charge is 0.322 e. The summed E-state index contributed by atoms with van der Waals surface area (Å²) in [6, 6.07) is 13.6. The lowest BCUT2D eigenvalue weighted by Gasteiger charge is -2.13. The molecule has 0 radical (unpaired) electrons. The Hall–Kier alpha value is -3.66. The predicted octanol–water partition coefficient (Wildman–Crippen LogP) is 6.35. The maximum absolute atomic E-state index is 13.0. The van der Waals surface area contributed by atoms with Crippen LogP contribution in [-0.2, 0) is 11.9 Å². The number of nitrogens with one attached hydrogen (secondary N) is 1. The van der Waals surface area contributed by atoms with Gasteiger partial charge in [0.25, 0.3) is 5.91 Å². The molecular weight excluding hydrogens is 475 g/mol. The van der Waals surface area contributed by atoms with Crippen molar-refractivity contribution in [1.82, 2.24) is 19.7 Å². The molecule has 3 aromatic heterocycles. The Bertz CT molecular complexity index is 1290. The first-order chi connectivity index (χ1) is 16.7. The molecule has 3 heterocycles. The Balaban J connectivity index is 1.48. The van der Waals surface area contributed by atoms with Crippen molar-refractivity contribution in [3.8, 4) is 5.82 Å². The first-order valence-corrected chi connectivity index (χ1v) is 11.8. The number of alkyl halides is 3. The number of rotatable bonds is 7. The number of pyridine rings is 2. The number of benzene rings is 1. The fourth-order valence-corrected chi connectivity index (χ4v) is 4.27. The van der Waals surface area contributed by atoms with E-state index < -0.39 is 11.7 Å². The first kappa shape index (κ1) is 24.5. The van der Waals surface area contributed by atoms with Crippen molar-refractivity contribution in [2.75, 3.05) is 5.32 Å². The number of carbonyl (C=O) groups is 1. The maximum atomic E-state index is 13.0. The summed E-state index contributed by atoms with van der Waals surface area (Å²) < 4.78 is 40.0. The third kappa shape index (κ3) is 5.89. The van der Waals surface area contributed by atoms with Crippen LogP contribution in [0.4, 0.5) is 18.9 Å². The molecule has 0 unspecified atom stereocenters. The zero-order valence-corrected chi connectivity index (χ0v) is 19.8. The first-order valence-electron chi connectivity index (χ1n) is 10.8. The Labute approximate surface area is 204 Å². The molecule has 1 aromatic carbocycles. The van der Waals surface area contributed by atoms with Crippen LogP contribution in [0.5, 0.6) is 0 Å². The van der Waals surface area contributed by atoms with Crippen LogP contribution in [0.2, 0.25) is 0 Å². The van der Waals surface area contributed by atoms with E-state index in [9.17, 15) is 18.0 Å². The van der Waals surface area contributed by atoms with Gasteiger partial charge < -0.3 is 5.32 Å². The molecule has 180 valence electrons. The van der Waals surface area contributed by atoms with Crippen LogP contribution in [0.25, 0.3) is 5.82 Å². The molecule has 0 saturated heterocycles. The lowest BCUT2D eigenvalue weighted by atomic mass is 10.1. The number of amides is 1. The fourth-order valence-electron chi connectivity index (χ4n) is 3.43. The Morgan fingerprint density at radius 3 is 2.43 bits per heavy atom. The number of anilines is 1. The Morgan fingerprint density at radius 2 is 1.83 bits per heavy atom. The van der Waals surface area contributed by atoms with Crippen molar-refractivity contribution >= 4 is 23.4 Å². The number of hydrogen-bond acceptors (Lipinski definition) is 5. The summed E-state index contributed by atoms with van der Waals surface area (Å²) >= 11 is 1.66. The Morgan fingerprint density at radius 1 is 1.06 bits per heavy atom. The van der Waals surface area contributed by atoms with E-state index in [0.29, 0.717) is 16.9 Å². The zero-order valence-electron chi connectivity index (χ0n) is 19.0. The van der Waals surface area contributed by atoms with Crippen molar-refractivity contribution in [3.63, 3.8) is 0 Å². The monoisotopic (exact) mass is 497 g/mol. The predicted molar refractivity (Wildman–Crippen MR) is 129 cm³/mol. The van der Waals surface area contributed by atoms with Crippen LogP contribution in [0, 0.1) is 0 Å². The van der Waals surface area contributed by atoms with E-state index >= 15 is 0 Å². The molecular formula is C25H22F3N5OS. The highest BCUT2D eigenvalue weighted by molar-refractivity contribution is 7.98. The van der Waals surface area contributed by atoms with Gasteiger partial charge in [0.05, 0.1) is 23.0 Å². The van der Waals surface area contributed by atoms with Crippen LogP contribution in [0.1, 0.15) is 46.9 Å². The van der Waals surface area contributed by atoms with Crippen molar-refractivity contribution in [3.05, 3.63) is 95.7 Å². The maximum Gasteiger partial charge on any atom is 0.417 e. The lowest BCUT2D eigenvalue weighted by molar-refractivity contribution is -0.137. The topological polar surface area (TPSA) is 72.7 Å². The van der Waals surface area contributed by atoms with Gasteiger partial charge in [-0.3, -0.25) is 9.78 Å². The van der Waals surface area contributed by atoms with Gasteiger partial charge in [-0.25, -0.2) is 9.67 Å². The van der Waals surface area contributed by atoms with E-state index in [4.69, 9.17) is 0 Å². The standard InChI is InChI=1S/C25H22F3N5OS/c1-16(2)23-21(14-31-33(23)22-10-5-18(13-30-22)25(26,27)28)24(34)32-19-6-8-20(9-7-19)35-15-17-4-3-11-29-12-17/h3-14,16H,15H2,1-2H3,(H,32,34). The van der Waals surface area contributed by atoms with Gasteiger partial charge in [-0.05, 0) is 53.9 Å². The van der Waals surface area contributed by atoms with Gasteiger partial charge in [0.15, 0.2) is 5.82 Å². The van der Waals surface area contributed by atoms with Crippen LogP contribution in [0.15, 0.2) is 78.2 Å². The molecule has 0 fully saturated rings. The number of thioether (sulfide) groups is 1. The lowest BCUT2D eigenvalue weighted by Crippen LogP contribution is -2.16. The van der Waals surface area contributed by atoms with Crippen molar-refractivity contribution in [1.29, 1.82) is 0 Å². The second-order valence-electron chi connectivity index (χ2n) is 8.04. The van der Waals surface area contributed by atoms with E-state index in [2.05, 4.69) is 20.4 Å². The van der Waals surface area contributed by atoms with Gasteiger partial charge in [-0.1, -0.05) is 19.9 Å². The number of nitrogens with zero attached hydrogens (tertiary/aromatic N) is 4. The van der Waals surface area contributed by atoms with E-state index in [1.165, 1.54) is 16.9 Å². The van der Waals surface area contributed by atoms with Gasteiger partial charge in [0, 0.05) is 34.9 Å². The number of hydrogen-bond donors (Lipinski definition) is 1. The minimum atomic E-state index is -4.48. The third-order valence-electron chi connectivity index (χ3n) is 5.13. The average molecular weight is 498 g/mol. The summed E-state index contributed by atoms with van der Waals surface area (Å²) in [5.74, 6) is 0.501. The van der Waals surface area contributed by atoms with E-state index in [1.54, 1.807) is 18.0 Å². The zero-order chi connectivity index (χ0) is 25.0. The molecule has 0 aliphatic carbocycles. The molecule has 4 aromatic rings. The van der Waals surface area contributed by atoms with Crippen molar-refractivity contribution in [2.45, 2.75) is 36.6 Å². The molecule has 0 bridgehead atoms. The summed E-state index contributed by atoms with van der Waals surface area (Å²) in [7, 11) is 0. The SMILES string of the molecule is CC(C)c1c(C(=O)Nc2ccc(SCc3cccnc3)cc2)cnn1-c1ccc(C(F)(F)F)cn1. The van der Waals surface area contributed by atoms with Gasteiger partial charge in [-0.2, -0.15) is 18.3 Å². The van der Waals surface area contributed by atoms with Crippen LogP contribution in [0.3, 0.4) is 0 Å². The van der Waals surface area contributed by atoms with Crippen LogP contribution in [-0.4, -0.2) is 25.7 Å². The molecule has 1 N–H and O–H groups in total. The van der Waals surface area contributed by atoms with Crippen LogP contribution >= 0.6 is 11.8 Å². The average Bonchev–Trinajstić information content (AvgIpc) is 3.30. The third-order valence-corrected chi connectivity index (χ3v) is 6.21. The van der Waals surface area contributed by atoms with Crippen LogP contribution < -0.4 is 5.32 Å². The summed E-state index contributed by atoms with van der Waals surface area (Å²) in [5.41, 5.74) is 1.78. The molecule has 0 aliphatic rings. The largest absolute Gasteiger partial charge is 0.417 e. The van der Waals surface area contributed by atoms with E-state index in [-0.39, 0.29) is 17.6 Å². The minimum Gasteiger partial charge on any atom is -0.322 e. The fraction of sp³-hybridized carbons (Fsp3) is 0.200. The molecule has 0 atom stereocenters. The van der Waals surface area contributed by atoms with Gasteiger partial charge in [0.2, 0.25) is 0 Å². The highest BCUT2D eigenvalue weighted by Gasteiger charge is 2.31. The second-order valence-corrected chi connectivity index (χ2v) is 9.09. The number of halogens is 3. The molecule has 10 heteroatoms. The van der Waals surface area contributed by atoms with Crippen molar-refractivity contribution in [2.24, 2.45) is 0 Å². The number of aromatic nitrogens is 4. The highest BCUT2D eigenvalue weighted by Crippen LogP contribution is 2.30. The minimum absolute atomic E-state index is 0.131. The second kappa shape index (κ2) is 10.3. The number of carbonyl (C=O) groups excluding carboxylic acids is 1. The van der Waals surface area contributed by atoms with Gasteiger partial charge in [-0.15, -0.1) is 11.8 Å². The quantitative estimate of drug-likeness (QED) is 0.301. The molecule has 0 aliphatic heterocycles. The van der Waals surface area contributed by atoms with E-state index in [1.807, 2.05) is 56.4 Å². The summed E-state index contributed by atoms with van der Waals surface area (Å²) in [4.78, 5) is 22.1. The Kier molecular flexibility index (Phi) is 7.20. The molecule has 0 saturated carbocycles. The highest BCUT2D eigenvalue weighted by atomic mass is 32.2. The van der Waals surface area contributed by atoms with Gasteiger partial charge >= 0.3 is 6.18 Å².